The third-order valence-electron chi connectivity index (χ3n) is 3.95. The predicted molar refractivity (Wildman–Crippen MR) is 81.4 cm³/mol. The number of hydrogen-bond acceptors (Lipinski definition) is 7. The average molecular weight is 368 g/mol. The van der Waals surface area contributed by atoms with Gasteiger partial charge in [-0.1, -0.05) is 0 Å². The summed E-state index contributed by atoms with van der Waals surface area (Å²) in [6.45, 7) is 3.98. The fourth-order valence-corrected chi connectivity index (χ4v) is 3.78. The molecule has 0 bridgehead atoms. The topological polar surface area (TPSA) is 139 Å². The molecule has 13 heteroatoms. The van der Waals surface area contributed by atoms with Crippen LogP contribution >= 0.6 is 0 Å². The van der Waals surface area contributed by atoms with Gasteiger partial charge in [-0.05, 0) is 25.5 Å². The molecule has 2 aliphatic rings. The summed E-state index contributed by atoms with van der Waals surface area (Å²) >= 11 is 0. The summed E-state index contributed by atoms with van der Waals surface area (Å²) in [5.74, 6) is -0.920. The second-order valence-electron chi connectivity index (χ2n) is 5.80. The zero-order chi connectivity index (χ0) is 16.9. The van der Waals surface area contributed by atoms with Gasteiger partial charge in [0.2, 0.25) is 5.91 Å². The molecule has 24 heavy (non-hydrogen) atoms. The summed E-state index contributed by atoms with van der Waals surface area (Å²) in [6.07, 6.45) is 0.184. The molecular weight excluding hydrogens is 351 g/mol. The van der Waals surface area contributed by atoms with E-state index in [1.165, 1.54) is 9.70 Å². The van der Waals surface area contributed by atoms with Crippen LogP contribution in [-0.2, 0) is 26.3 Å². The SMILES string of the molecule is CC(C)n1nnc(CC(=O)N2CC[C@@H]3[C@H]2C(=O)N3S(=O)(=O)O)n1.[NaH]. The van der Waals surface area contributed by atoms with Crippen LogP contribution in [0.3, 0.4) is 0 Å². The first-order valence-electron chi connectivity index (χ1n) is 7.08. The first-order valence-corrected chi connectivity index (χ1v) is 8.48. The Morgan fingerprint density at radius 2 is 2.08 bits per heavy atom. The second-order valence-corrected chi connectivity index (χ2v) is 7.09. The normalized spacial score (nSPS) is 23.1. The molecule has 2 aliphatic heterocycles. The van der Waals surface area contributed by atoms with Gasteiger partial charge in [0.05, 0.1) is 18.5 Å². The van der Waals surface area contributed by atoms with E-state index in [0.717, 1.165) is 0 Å². The van der Waals surface area contributed by atoms with Gasteiger partial charge in [0.15, 0.2) is 5.82 Å². The van der Waals surface area contributed by atoms with Crippen molar-refractivity contribution in [1.82, 2.24) is 29.4 Å². The number of nitrogens with zero attached hydrogens (tertiary/aromatic N) is 6. The van der Waals surface area contributed by atoms with Crippen molar-refractivity contribution in [2.45, 2.75) is 44.8 Å². The molecule has 3 rings (SSSR count). The van der Waals surface area contributed by atoms with Crippen molar-refractivity contribution >= 4 is 51.7 Å². The molecule has 11 nitrogen and oxygen atoms in total. The fourth-order valence-electron chi connectivity index (χ4n) is 2.88. The van der Waals surface area contributed by atoms with Crippen LogP contribution in [0, 0.1) is 0 Å². The molecule has 0 aliphatic carbocycles. The summed E-state index contributed by atoms with van der Waals surface area (Å²) in [5.41, 5.74) is 0. The van der Waals surface area contributed by atoms with E-state index < -0.39 is 28.3 Å². The molecule has 2 atom stereocenters. The molecule has 0 aromatic carbocycles. The van der Waals surface area contributed by atoms with Gasteiger partial charge in [-0.15, -0.1) is 10.2 Å². The third-order valence-corrected chi connectivity index (χ3v) is 4.90. The van der Waals surface area contributed by atoms with E-state index in [1.807, 2.05) is 13.8 Å². The predicted octanol–water partition coefficient (Wildman–Crippen LogP) is -2.24. The molecule has 1 N–H and O–H groups in total. The monoisotopic (exact) mass is 368 g/mol. The molecule has 0 saturated carbocycles. The van der Waals surface area contributed by atoms with Crippen molar-refractivity contribution in [2.24, 2.45) is 0 Å². The number of tetrazole rings is 1. The number of carbonyl (C=O) groups is 2. The van der Waals surface area contributed by atoms with Gasteiger partial charge in [0.1, 0.15) is 6.04 Å². The van der Waals surface area contributed by atoms with E-state index >= 15 is 0 Å². The number of carbonyl (C=O) groups excluding carboxylic acids is 2. The summed E-state index contributed by atoms with van der Waals surface area (Å²) in [4.78, 5) is 26.9. The van der Waals surface area contributed by atoms with Gasteiger partial charge >= 0.3 is 39.9 Å². The Labute approximate surface area is 160 Å². The van der Waals surface area contributed by atoms with Gasteiger partial charge in [-0.3, -0.25) is 14.1 Å². The van der Waals surface area contributed by atoms with Gasteiger partial charge < -0.3 is 4.90 Å². The number of fused-ring (bicyclic) bond motifs is 1. The van der Waals surface area contributed by atoms with Crippen LogP contribution < -0.4 is 0 Å². The molecule has 0 unspecified atom stereocenters. The van der Waals surface area contributed by atoms with Crippen molar-refractivity contribution in [2.75, 3.05) is 6.54 Å². The maximum absolute atomic E-state index is 12.3. The third kappa shape index (κ3) is 3.20. The number of β-lactam (4-membered cyclic amide) rings is 1. The zero-order valence-corrected chi connectivity index (χ0v) is 13.3. The fraction of sp³-hybridized carbons (Fsp3) is 0.727. The molecule has 1 aromatic heterocycles. The van der Waals surface area contributed by atoms with Crippen LogP contribution in [0.4, 0.5) is 0 Å². The minimum absolute atomic E-state index is 0. The Kier molecular flexibility index (Phi) is 5.35. The number of aromatic nitrogens is 4. The Hall–Kier alpha value is -1.08. The van der Waals surface area contributed by atoms with Crippen molar-refractivity contribution in [3.63, 3.8) is 0 Å². The molecule has 2 fully saturated rings. The minimum atomic E-state index is -4.58. The molecule has 128 valence electrons. The van der Waals surface area contributed by atoms with Crippen molar-refractivity contribution in [3.8, 4) is 0 Å². The van der Waals surface area contributed by atoms with Crippen molar-refractivity contribution < 1.29 is 22.6 Å². The Balaban J connectivity index is 0.00000208. The number of likely N-dealkylation sites (tertiary alicyclic amines) is 1. The molecule has 2 amide bonds. The Bertz CT molecular complexity index is 765. The molecule has 1 aromatic rings. The standard InChI is InChI=1S/C11H16N6O5S.Na.H/c1-6(2)17-13-8(12-14-17)5-9(18)15-4-3-7-10(15)11(19)16(7)23(20,21)22;;/h6-7,10H,3-5H2,1-2H3,(H,20,21,22);;/t7-,10+;;/m1../s1. The summed E-state index contributed by atoms with van der Waals surface area (Å²) < 4.78 is 31.7. The van der Waals surface area contributed by atoms with E-state index in [1.54, 1.807) is 0 Å². The number of rotatable bonds is 4. The molecular formula is C11H17N6NaO5S. The van der Waals surface area contributed by atoms with Crippen LogP contribution in [0.15, 0.2) is 0 Å². The van der Waals surface area contributed by atoms with Crippen molar-refractivity contribution in [3.05, 3.63) is 5.82 Å². The van der Waals surface area contributed by atoms with Gasteiger partial charge in [-0.2, -0.15) is 13.2 Å². The molecule has 2 saturated heterocycles. The van der Waals surface area contributed by atoms with Crippen molar-refractivity contribution in [1.29, 1.82) is 0 Å². The summed E-state index contributed by atoms with van der Waals surface area (Å²) in [6, 6.07) is -1.52. The van der Waals surface area contributed by atoms with E-state index in [9.17, 15) is 18.0 Å². The Morgan fingerprint density at radius 3 is 2.62 bits per heavy atom. The van der Waals surface area contributed by atoms with Gasteiger partial charge in [0.25, 0.3) is 5.91 Å². The van der Waals surface area contributed by atoms with Crippen LogP contribution in [0.25, 0.3) is 0 Å². The second kappa shape index (κ2) is 6.67. The van der Waals surface area contributed by atoms with E-state index in [0.29, 0.717) is 10.7 Å². The van der Waals surface area contributed by atoms with Gasteiger partial charge in [-0.25, -0.2) is 4.31 Å². The van der Waals surface area contributed by atoms with E-state index in [2.05, 4.69) is 15.4 Å². The quantitative estimate of drug-likeness (QED) is 0.358. The zero-order valence-electron chi connectivity index (χ0n) is 12.5. The number of amides is 2. The molecule has 3 heterocycles. The molecule has 0 spiro atoms. The van der Waals surface area contributed by atoms with Crippen LogP contribution in [0.2, 0.25) is 0 Å². The number of hydrogen-bond donors (Lipinski definition) is 1. The van der Waals surface area contributed by atoms with E-state index in [4.69, 9.17) is 4.55 Å². The first-order chi connectivity index (χ1) is 10.7. The summed E-state index contributed by atoms with van der Waals surface area (Å²) in [7, 11) is -4.58. The summed E-state index contributed by atoms with van der Waals surface area (Å²) in [5, 5.41) is 11.7. The maximum atomic E-state index is 12.3. The van der Waals surface area contributed by atoms with Crippen LogP contribution in [-0.4, -0.2) is 102 Å². The first kappa shape index (κ1) is 19.2. The Morgan fingerprint density at radius 1 is 1.42 bits per heavy atom. The van der Waals surface area contributed by atoms with Crippen LogP contribution in [0.5, 0.6) is 0 Å². The van der Waals surface area contributed by atoms with E-state index in [-0.39, 0.29) is 60.3 Å². The molecule has 0 radical (unpaired) electrons. The van der Waals surface area contributed by atoms with Crippen LogP contribution in [0.1, 0.15) is 32.1 Å². The average Bonchev–Trinajstić information content (AvgIpc) is 3.01. The van der Waals surface area contributed by atoms with Gasteiger partial charge in [0, 0.05) is 6.54 Å².